The molecule has 1 N–H and O–H groups in total. The number of thioether (sulfide) groups is 1. The van der Waals surface area contributed by atoms with E-state index in [0.717, 1.165) is 4.90 Å². The van der Waals surface area contributed by atoms with E-state index in [-0.39, 0.29) is 34.9 Å². The minimum atomic E-state index is -4.44. The zero-order chi connectivity index (χ0) is 23.8. The van der Waals surface area contributed by atoms with E-state index in [1.165, 1.54) is 35.2 Å². The van der Waals surface area contributed by atoms with Gasteiger partial charge in [-0.1, -0.05) is 0 Å². The number of alkyl halides is 3. The van der Waals surface area contributed by atoms with Gasteiger partial charge in [0.05, 0.1) is 5.69 Å². The van der Waals surface area contributed by atoms with Crippen molar-refractivity contribution in [2.75, 3.05) is 10.2 Å². The molecule has 0 atom stereocenters. The molecule has 1 aliphatic rings. The van der Waals surface area contributed by atoms with Gasteiger partial charge in [0.2, 0.25) is 5.95 Å². The molecule has 0 saturated carbocycles. The minimum absolute atomic E-state index is 0.0116. The summed E-state index contributed by atoms with van der Waals surface area (Å²) in [5.74, 6) is -0.954. The van der Waals surface area contributed by atoms with Gasteiger partial charge in [-0.2, -0.15) is 17.6 Å². The summed E-state index contributed by atoms with van der Waals surface area (Å²) in [6, 6.07) is 7.13. The van der Waals surface area contributed by atoms with Crippen LogP contribution in [0.15, 0.2) is 41.3 Å². The van der Waals surface area contributed by atoms with Crippen molar-refractivity contribution in [1.29, 1.82) is 0 Å². The number of benzene rings is 1. The number of nitrogens with one attached hydrogen (secondary N) is 1. The average Bonchev–Trinajstić information content (AvgIpc) is 2.80. The van der Waals surface area contributed by atoms with Crippen LogP contribution in [0, 0.1) is 5.95 Å². The Hall–Kier alpha value is -2.82. The summed E-state index contributed by atoms with van der Waals surface area (Å²) in [4.78, 5) is 32.1. The summed E-state index contributed by atoms with van der Waals surface area (Å²) in [6.45, 7) is 6.81. The first-order chi connectivity index (χ1) is 14.8. The summed E-state index contributed by atoms with van der Waals surface area (Å²) in [6.07, 6.45) is 0. The van der Waals surface area contributed by atoms with Gasteiger partial charge in [-0.25, -0.2) is 14.7 Å². The molecule has 2 heterocycles. The summed E-state index contributed by atoms with van der Waals surface area (Å²) >= 11 is -0.284. The van der Waals surface area contributed by atoms with E-state index in [1.54, 1.807) is 19.9 Å². The van der Waals surface area contributed by atoms with Gasteiger partial charge in [-0.15, -0.1) is 0 Å². The summed E-state index contributed by atoms with van der Waals surface area (Å²) < 4.78 is 51.7. The number of amides is 3. The molecule has 0 bridgehead atoms. The third-order valence-electron chi connectivity index (χ3n) is 4.78. The van der Waals surface area contributed by atoms with Crippen LogP contribution in [0.4, 0.5) is 33.9 Å². The first-order valence-corrected chi connectivity index (χ1v) is 10.5. The first kappa shape index (κ1) is 23.8. The van der Waals surface area contributed by atoms with Gasteiger partial charge in [-0.3, -0.25) is 4.79 Å². The molecule has 0 aliphatic carbocycles. The van der Waals surface area contributed by atoms with Crippen molar-refractivity contribution in [2.24, 2.45) is 0 Å². The Morgan fingerprint density at radius 2 is 1.75 bits per heavy atom. The molecule has 0 unspecified atom stereocenters. The second-order valence-electron chi connectivity index (χ2n) is 8.09. The number of imide groups is 1. The molecule has 1 aromatic carbocycles. The van der Waals surface area contributed by atoms with Crippen LogP contribution in [0.2, 0.25) is 0 Å². The molecule has 6 nitrogen and oxygen atoms in total. The fraction of sp³-hybridized carbons (Fsp3) is 0.381. The van der Waals surface area contributed by atoms with Crippen molar-refractivity contribution in [3.63, 3.8) is 0 Å². The Morgan fingerprint density at radius 3 is 2.31 bits per heavy atom. The molecule has 3 amide bonds. The molecular weight excluding hydrogens is 448 g/mol. The van der Waals surface area contributed by atoms with Crippen LogP contribution in [0.25, 0.3) is 0 Å². The van der Waals surface area contributed by atoms with Gasteiger partial charge >= 0.3 is 11.5 Å². The monoisotopic (exact) mass is 470 g/mol. The number of anilines is 2. The number of nitrogens with zero attached hydrogens (tertiary/aromatic N) is 3. The number of carbonyl (C=O) groups is 2. The van der Waals surface area contributed by atoms with Crippen LogP contribution < -0.4 is 10.2 Å². The SMILES string of the molecule is CC(C)Nc1cc(CN2C(=O)N(c3ccc(SC(F)(F)F)cc3)C(=O)C2(C)C)cc(F)n1. The largest absolute Gasteiger partial charge is 0.446 e. The minimum Gasteiger partial charge on any atom is -0.368 e. The van der Waals surface area contributed by atoms with Crippen molar-refractivity contribution in [3.8, 4) is 0 Å². The molecule has 1 aliphatic heterocycles. The maximum absolute atomic E-state index is 14.0. The molecule has 172 valence electrons. The van der Waals surface area contributed by atoms with E-state index in [1.807, 2.05) is 13.8 Å². The Balaban J connectivity index is 1.86. The fourth-order valence-corrected chi connectivity index (χ4v) is 3.86. The Bertz CT molecular complexity index is 1030. The molecule has 3 rings (SSSR count). The summed E-state index contributed by atoms with van der Waals surface area (Å²) in [5, 5.41) is 2.99. The van der Waals surface area contributed by atoms with Crippen LogP contribution in [-0.2, 0) is 11.3 Å². The number of halogens is 4. The predicted octanol–water partition coefficient (Wildman–Crippen LogP) is 5.40. The molecular formula is C21H22F4N4O2S. The third-order valence-corrected chi connectivity index (χ3v) is 5.52. The highest BCUT2D eigenvalue weighted by Crippen LogP contribution is 2.39. The predicted molar refractivity (Wildman–Crippen MR) is 114 cm³/mol. The summed E-state index contributed by atoms with van der Waals surface area (Å²) in [7, 11) is 0. The third kappa shape index (κ3) is 5.14. The fourth-order valence-electron chi connectivity index (χ4n) is 3.32. The lowest BCUT2D eigenvalue weighted by Gasteiger charge is -2.28. The van der Waals surface area contributed by atoms with E-state index in [0.29, 0.717) is 11.4 Å². The van der Waals surface area contributed by atoms with Crippen molar-refractivity contribution < 1.29 is 27.2 Å². The number of hydrogen-bond acceptors (Lipinski definition) is 5. The molecule has 2 aromatic rings. The van der Waals surface area contributed by atoms with Gasteiger partial charge in [0.1, 0.15) is 11.4 Å². The molecule has 1 saturated heterocycles. The van der Waals surface area contributed by atoms with E-state index < -0.39 is 28.9 Å². The van der Waals surface area contributed by atoms with Gasteiger partial charge in [0.15, 0.2) is 0 Å². The van der Waals surface area contributed by atoms with Crippen molar-refractivity contribution in [2.45, 2.75) is 56.2 Å². The molecule has 0 spiro atoms. The van der Waals surface area contributed by atoms with Crippen molar-refractivity contribution >= 4 is 35.2 Å². The Labute approximate surface area is 187 Å². The van der Waals surface area contributed by atoms with Crippen LogP contribution in [-0.4, -0.2) is 38.9 Å². The number of carbonyl (C=O) groups excluding carboxylic acids is 2. The molecule has 32 heavy (non-hydrogen) atoms. The maximum atomic E-state index is 14.0. The van der Waals surface area contributed by atoms with Gasteiger partial charge in [0, 0.05) is 17.5 Å². The van der Waals surface area contributed by atoms with E-state index >= 15 is 0 Å². The second kappa shape index (κ2) is 8.61. The van der Waals surface area contributed by atoms with Crippen molar-refractivity contribution in [1.82, 2.24) is 9.88 Å². The van der Waals surface area contributed by atoms with Crippen LogP contribution in [0.3, 0.4) is 0 Å². The quantitative estimate of drug-likeness (QED) is 0.265. The van der Waals surface area contributed by atoms with Gasteiger partial charge < -0.3 is 10.2 Å². The number of rotatable bonds is 6. The van der Waals surface area contributed by atoms with Crippen molar-refractivity contribution in [3.05, 3.63) is 47.9 Å². The lowest BCUT2D eigenvalue weighted by atomic mass is 10.0. The standard InChI is InChI=1S/C21H22F4N4O2S/c1-12(2)26-17-10-13(9-16(22)27-17)11-28-19(31)29(18(30)20(28,3)4)14-5-7-15(8-6-14)32-21(23,24)25/h5-10,12H,11H2,1-4H3,(H,26,27). The lowest BCUT2D eigenvalue weighted by Crippen LogP contribution is -2.43. The van der Waals surface area contributed by atoms with Gasteiger partial charge in [-0.05, 0) is 81.4 Å². The number of hydrogen-bond donors (Lipinski definition) is 1. The highest BCUT2D eigenvalue weighted by Gasteiger charge is 2.51. The van der Waals surface area contributed by atoms with E-state index in [9.17, 15) is 27.2 Å². The highest BCUT2D eigenvalue weighted by atomic mass is 32.2. The smallest absolute Gasteiger partial charge is 0.368 e. The molecule has 0 radical (unpaired) electrons. The summed E-state index contributed by atoms with van der Waals surface area (Å²) in [5.41, 5.74) is -5.09. The van der Waals surface area contributed by atoms with Crippen LogP contribution in [0.5, 0.6) is 0 Å². The number of pyridine rings is 1. The lowest BCUT2D eigenvalue weighted by molar-refractivity contribution is -0.123. The molecule has 1 aromatic heterocycles. The molecule has 1 fully saturated rings. The second-order valence-corrected chi connectivity index (χ2v) is 9.23. The molecule has 11 heteroatoms. The normalized spacial score (nSPS) is 16.3. The Morgan fingerprint density at radius 1 is 1.12 bits per heavy atom. The highest BCUT2D eigenvalue weighted by molar-refractivity contribution is 8.00. The van der Waals surface area contributed by atoms with E-state index in [2.05, 4.69) is 10.3 Å². The maximum Gasteiger partial charge on any atom is 0.446 e. The number of aromatic nitrogens is 1. The zero-order valence-electron chi connectivity index (χ0n) is 17.8. The topological polar surface area (TPSA) is 65.5 Å². The van der Waals surface area contributed by atoms with Gasteiger partial charge in [0.25, 0.3) is 5.91 Å². The average molecular weight is 470 g/mol. The first-order valence-electron chi connectivity index (χ1n) is 9.73. The van der Waals surface area contributed by atoms with E-state index in [4.69, 9.17) is 0 Å². The zero-order valence-corrected chi connectivity index (χ0v) is 18.6. The van der Waals surface area contributed by atoms with Crippen LogP contribution >= 0.6 is 11.8 Å². The van der Waals surface area contributed by atoms with Crippen LogP contribution in [0.1, 0.15) is 33.3 Å². The number of urea groups is 1. The Kier molecular flexibility index (Phi) is 6.41.